The van der Waals surface area contributed by atoms with Crippen molar-refractivity contribution in [3.05, 3.63) is 40.0 Å². The number of hydrogen-bond donors (Lipinski definition) is 1. The normalized spacial score (nSPS) is 16.2. The monoisotopic (exact) mass is 395 g/mol. The summed E-state index contributed by atoms with van der Waals surface area (Å²) in [5.41, 5.74) is 2.21. The Kier molecular flexibility index (Phi) is 5.37. The summed E-state index contributed by atoms with van der Waals surface area (Å²) in [6.45, 7) is 2.31. The second kappa shape index (κ2) is 7.36. The predicted molar refractivity (Wildman–Crippen MR) is 107 cm³/mol. The molecule has 0 spiro atoms. The van der Waals surface area contributed by atoms with E-state index in [-0.39, 0.29) is 12.4 Å². The van der Waals surface area contributed by atoms with Gasteiger partial charge in [-0.2, -0.15) is 0 Å². The van der Waals surface area contributed by atoms with Crippen molar-refractivity contribution < 1.29 is 4.74 Å². The average Bonchev–Trinajstić information content (AvgIpc) is 2.93. The molecule has 0 saturated heterocycles. The first-order valence-corrected chi connectivity index (χ1v) is 9.21. The molecule has 1 N–H and O–H groups in total. The van der Waals surface area contributed by atoms with Gasteiger partial charge < -0.3 is 10.1 Å². The van der Waals surface area contributed by atoms with Gasteiger partial charge in [0.2, 0.25) is 0 Å². The van der Waals surface area contributed by atoms with Crippen LogP contribution in [0, 0.1) is 5.92 Å². The predicted octanol–water partition coefficient (Wildman–Crippen LogP) is 5.64. The first kappa shape index (κ1) is 18.2. The Balaban J connectivity index is 0.00000182. The first-order valence-electron chi connectivity index (χ1n) is 8.01. The van der Waals surface area contributed by atoms with Gasteiger partial charge in [-0.25, -0.2) is 9.97 Å². The fourth-order valence-corrected chi connectivity index (χ4v) is 4.80. The Morgan fingerprint density at radius 1 is 1.32 bits per heavy atom. The summed E-state index contributed by atoms with van der Waals surface area (Å²) in [4.78, 5) is 11.5. The van der Waals surface area contributed by atoms with Gasteiger partial charge in [-0.05, 0) is 48.9 Å². The molecule has 7 heteroatoms. The zero-order chi connectivity index (χ0) is 16.7. The van der Waals surface area contributed by atoms with Gasteiger partial charge in [0.1, 0.15) is 22.7 Å². The minimum absolute atomic E-state index is 0. The smallest absolute Gasteiger partial charge is 0.142 e. The van der Waals surface area contributed by atoms with Crippen LogP contribution in [0.25, 0.3) is 10.2 Å². The third kappa shape index (κ3) is 3.41. The van der Waals surface area contributed by atoms with E-state index in [0.717, 1.165) is 46.2 Å². The van der Waals surface area contributed by atoms with Gasteiger partial charge in [0, 0.05) is 9.90 Å². The second-order valence-electron chi connectivity index (χ2n) is 6.22. The van der Waals surface area contributed by atoms with Crippen LogP contribution in [-0.4, -0.2) is 17.1 Å². The largest absolute Gasteiger partial charge is 0.495 e. The fourth-order valence-electron chi connectivity index (χ4n) is 3.28. The van der Waals surface area contributed by atoms with E-state index in [1.54, 1.807) is 24.8 Å². The fraction of sp³-hybridized carbons (Fsp3) is 0.333. The number of anilines is 2. The lowest BCUT2D eigenvalue weighted by molar-refractivity contribution is 0.417. The molecule has 0 saturated carbocycles. The van der Waals surface area contributed by atoms with Crippen molar-refractivity contribution in [1.29, 1.82) is 0 Å². The zero-order valence-electron chi connectivity index (χ0n) is 14.0. The molecular weight excluding hydrogens is 377 g/mol. The molecule has 1 aromatic carbocycles. The Morgan fingerprint density at radius 2 is 2.16 bits per heavy atom. The van der Waals surface area contributed by atoms with Crippen LogP contribution in [0.5, 0.6) is 5.75 Å². The number of benzene rings is 1. The summed E-state index contributed by atoms with van der Waals surface area (Å²) in [5, 5.41) is 5.20. The number of aryl methyl sites for hydroxylation is 1. The highest BCUT2D eigenvalue weighted by molar-refractivity contribution is 7.19. The molecule has 3 aromatic rings. The van der Waals surface area contributed by atoms with E-state index in [4.69, 9.17) is 16.3 Å². The minimum atomic E-state index is 0. The van der Waals surface area contributed by atoms with Crippen molar-refractivity contribution in [3.8, 4) is 5.75 Å². The van der Waals surface area contributed by atoms with Crippen molar-refractivity contribution in [3.63, 3.8) is 0 Å². The van der Waals surface area contributed by atoms with Crippen molar-refractivity contribution in [2.45, 2.75) is 26.2 Å². The van der Waals surface area contributed by atoms with Crippen LogP contribution in [-0.2, 0) is 12.8 Å². The molecular formula is C18H19Cl2N3OS. The third-order valence-electron chi connectivity index (χ3n) is 4.51. The SMILES string of the molecule is COc1ccc(Cl)cc1Nc1ncnc2sc3c(c12)CCC(C)C3.Cl. The number of thiophene rings is 1. The second-order valence-corrected chi connectivity index (χ2v) is 7.74. The van der Waals surface area contributed by atoms with Gasteiger partial charge in [-0.15, -0.1) is 23.7 Å². The number of hydrogen-bond acceptors (Lipinski definition) is 5. The molecule has 1 aliphatic rings. The van der Waals surface area contributed by atoms with E-state index in [1.165, 1.54) is 16.9 Å². The molecule has 2 heterocycles. The van der Waals surface area contributed by atoms with E-state index < -0.39 is 0 Å². The maximum absolute atomic E-state index is 6.14. The lowest BCUT2D eigenvalue weighted by Gasteiger charge is -2.18. The van der Waals surface area contributed by atoms with E-state index in [2.05, 4.69) is 22.2 Å². The number of ether oxygens (including phenoxy) is 1. The zero-order valence-corrected chi connectivity index (χ0v) is 16.4. The van der Waals surface area contributed by atoms with E-state index >= 15 is 0 Å². The molecule has 0 radical (unpaired) electrons. The Bertz CT molecular complexity index is 913. The van der Waals surface area contributed by atoms with Gasteiger partial charge >= 0.3 is 0 Å². The number of fused-ring (bicyclic) bond motifs is 3. The van der Waals surface area contributed by atoms with Crippen LogP contribution in [0.3, 0.4) is 0 Å². The molecule has 0 fully saturated rings. The van der Waals surface area contributed by atoms with E-state index in [9.17, 15) is 0 Å². The summed E-state index contributed by atoms with van der Waals surface area (Å²) < 4.78 is 5.43. The number of rotatable bonds is 3. The van der Waals surface area contributed by atoms with Gasteiger partial charge in [0.05, 0.1) is 18.2 Å². The molecule has 0 bridgehead atoms. The van der Waals surface area contributed by atoms with Crippen LogP contribution in [0.1, 0.15) is 23.8 Å². The molecule has 1 atom stereocenters. The van der Waals surface area contributed by atoms with Crippen LogP contribution in [0.2, 0.25) is 5.02 Å². The van der Waals surface area contributed by atoms with Crippen LogP contribution in [0.15, 0.2) is 24.5 Å². The van der Waals surface area contributed by atoms with Crippen molar-refractivity contribution in [2.24, 2.45) is 5.92 Å². The van der Waals surface area contributed by atoms with E-state index in [1.807, 2.05) is 18.2 Å². The van der Waals surface area contributed by atoms with Gasteiger partial charge in [-0.1, -0.05) is 18.5 Å². The minimum Gasteiger partial charge on any atom is -0.495 e. The van der Waals surface area contributed by atoms with Crippen LogP contribution in [0.4, 0.5) is 11.5 Å². The summed E-state index contributed by atoms with van der Waals surface area (Å²) in [7, 11) is 1.65. The molecule has 0 amide bonds. The van der Waals surface area contributed by atoms with Gasteiger partial charge in [-0.3, -0.25) is 0 Å². The molecule has 4 nitrogen and oxygen atoms in total. The van der Waals surface area contributed by atoms with Crippen LogP contribution < -0.4 is 10.1 Å². The first-order chi connectivity index (χ1) is 11.7. The number of halogens is 2. The summed E-state index contributed by atoms with van der Waals surface area (Å²) in [6.07, 6.45) is 5.06. The Labute approximate surface area is 162 Å². The molecule has 4 rings (SSSR count). The maximum atomic E-state index is 6.14. The average molecular weight is 396 g/mol. The highest BCUT2D eigenvalue weighted by Crippen LogP contribution is 2.41. The number of methoxy groups -OCH3 is 1. The quantitative estimate of drug-likeness (QED) is 0.622. The molecule has 1 unspecified atom stereocenters. The molecule has 0 aliphatic heterocycles. The summed E-state index contributed by atoms with van der Waals surface area (Å²) >= 11 is 7.94. The van der Waals surface area contributed by atoms with Crippen molar-refractivity contribution >= 4 is 57.1 Å². The van der Waals surface area contributed by atoms with E-state index in [0.29, 0.717) is 5.02 Å². The summed E-state index contributed by atoms with van der Waals surface area (Å²) in [5.74, 6) is 2.31. The van der Waals surface area contributed by atoms with Crippen molar-refractivity contribution in [1.82, 2.24) is 9.97 Å². The lowest BCUT2D eigenvalue weighted by atomic mass is 9.89. The number of nitrogens with zero attached hydrogens (tertiary/aromatic N) is 2. The number of nitrogens with one attached hydrogen (secondary N) is 1. The molecule has 1 aliphatic carbocycles. The maximum Gasteiger partial charge on any atom is 0.142 e. The standard InChI is InChI=1S/C18H18ClN3OS.ClH/c1-10-3-5-12-15(7-10)24-18-16(12)17(20-9-21-18)22-13-8-11(19)4-6-14(13)23-2;/h4,6,8-10H,3,5,7H2,1-2H3,(H,20,21,22);1H. The number of aromatic nitrogens is 2. The molecule has 25 heavy (non-hydrogen) atoms. The highest BCUT2D eigenvalue weighted by atomic mass is 35.5. The Hall–Kier alpha value is -1.56. The van der Waals surface area contributed by atoms with Crippen molar-refractivity contribution in [2.75, 3.05) is 12.4 Å². The Morgan fingerprint density at radius 3 is 2.96 bits per heavy atom. The molecule has 2 aromatic heterocycles. The highest BCUT2D eigenvalue weighted by Gasteiger charge is 2.23. The van der Waals surface area contributed by atoms with Crippen LogP contribution >= 0.6 is 35.3 Å². The third-order valence-corrected chi connectivity index (χ3v) is 5.90. The van der Waals surface area contributed by atoms with Gasteiger partial charge in [0.25, 0.3) is 0 Å². The summed E-state index contributed by atoms with van der Waals surface area (Å²) in [6, 6.07) is 5.53. The topological polar surface area (TPSA) is 47.0 Å². The molecule has 132 valence electrons. The van der Waals surface area contributed by atoms with Gasteiger partial charge in [0.15, 0.2) is 0 Å². The lowest BCUT2D eigenvalue weighted by Crippen LogP contribution is -2.09.